The highest BCUT2D eigenvalue weighted by Gasteiger charge is 2.15. The van der Waals surface area contributed by atoms with E-state index in [1.165, 1.54) is 0 Å². The van der Waals surface area contributed by atoms with E-state index >= 15 is 0 Å². The number of rotatable bonds is 6. The summed E-state index contributed by atoms with van der Waals surface area (Å²) in [6.07, 6.45) is 0.628. The quantitative estimate of drug-likeness (QED) is 0.876. The van der Waals surface area contributed by atoms with Crippen LogP contribution >= 0.6 is 15.9 Å². The van der Waals surface area contributed by atoms with E-state index in [0.29, 0.717) is 11.3 Å². The number of hydrogen-bond acceptors (Lipinski definition) is 3. The minimum Gasteiger partial charge on any atom is -0.314 e. The van der Waals surface area contributed by atoms with Crippen LogP contribution in [0.4, 0.5) is 0 Å². The topological polar surface area (TPSA) is 46.2 Å². The molecule has 0 amide bonds. The molecule has 1 atom stereocenters. The van der Waals surface area contributed by atoms with E-state index < -0.39 is 9.84 Å². The summed E-state index contributed by atoms with van der Waals surface area (Å²) in [6, 6.07) is 7.07. The van der Waals surface area contributed by atoms with Gasteiger partial charge >= 0.3 is 0 Å². The largest absolute Gasteiger partial charge is 0.314 e. The Morgan fingerprint density at radius 1 is 1.41 bits per heavy atom. The Morgan fingerprint density at radius 2 is 2.12 bits per heavy atom. The molecule has 0 spiro atoms. The van der Waals surface area contributed by atoms with E-state index in [0.717, 1.165) is 11.0 Å². The van der Waals surface area contributed by atoms with Gasteiger partial charge in [-0.25, -0.2) is 8.42 Å². The van der Waals surface area contributed by atoms with Gasteiger partial charge in [0, 0.05) is 10.5 Å². The van der Waals surface area contributed by atoms with Gasteiger partial charge in [0.05, 0.1) is 10.6 Å². The van der Waals surface area contributed by atoms with E-state index in [2.05, 4.69) is 21.2 Å². The molecule has 0 aliphatic carbocycles. The Kier molecular flexibility index (Phi) is 5.62. The highest BCUT2D eigenvalue weighted by atomic mass is 79.9. The molecule has 0 saturated heterocycles. The fourth-order valence-electron chi connectivity index (χ4n) is 1.56. The summed E-state index contributed by atoms with van der Waals surface area (Å²) in [5, 5.41) is 3.21. The van der Waals surface area contributed by atoms with Crippen molar-refractivity contribution in [3.05, 3.63) is 28.7 Å². The molecule has 0 bridgehead atoms. The van der Waals surface area contributed by atoms with Crippen LogP contribution in [0.5, 0.6) is 0 Å². The van der Waals surface area contributed by atoms with Crippen LogP contribution in [0.15, 0.2) is 33.6 Å². The highest BCUT2D eigenvalue weighted by molar-refractivity contribution is 9.10. The highest BCUT2D eigenvalue weighted by Crippen LogP contribution is 2.18. The average molecular weight is 320 g/mol. The predicted molar refractivity (Wildman–Crippen MR) is 74.0 cm³/mol. The number of benzene rings is 1. The summed E-state index contributed by atoms with van der Waals surface area (Å²) in [4.78, 5) is 0.385. The summed E-state index contributed by atoms with van der Waals surface area (Å²) in [7, 11) is -3.17. The Bertz CT molecular complexity index is 459. The molecule has 1 rings (SSSR count). The summed E-state index contributed by atoms with van der Waals surface area (Å²) >= 11 is 3.28. The average Bonchev–Trinajstić information content (AvgIpc) is 2.27. The SMILES string of the molecule is CCNC(C)CCS(=O)(=O)c1cccc(Br)c1. The van der Waals surface area contributed by atoms with Crippen LogP contribution in [-0.2, 0) is 9.84 Å². The third-order valence-corrected chi connectivity index (χ3v) is 4.77. The first-order chi connectivity index (χ1) is 7.95. The van der Waals surface area contributed by atoms with E-state index in [4.69, 9.17) is 0 Å². The van der Waals surface area contributed by atoms with Gasteiger partial charge in [-0.2, -0.15) is 0 Å². The number of nitrogens with one attached hydrogen (secondary N) is 1. The molecular weight excluding hydrogens is 302 g/mol. The van der Waals surface area contributed by atoms with Crippen molar-refractivity contribution in [1.29, 1.82) is 0 Å². The first kappa shape index (κ1) is 14.7. The lowest BCUT2D eigenvalue weighted by molar-refractivity contribution is 0.541. The molecule has 0 aliphatic heterocycles. The number of halogens is 1. The summed E-state index contributed by atoms with van der Waals surface area (Å²) in [5.41, 5.74) is 0. The minimum absolute atomic E-state index is 0.178. The van der Waals surface area contributed by atoms with Crippen molar-refractivity contribution in [3.63, 3.8) is 0 Å². The van der Waals surface area contributed by atoms with Crippen molar-refractivity contribution >= 4 is 25.8 Å². The zero-order chi connectivity index (χ0) is 12.9. The van der Waals surface area contributed by atoms with Gasteiger partial charge in [-0.15, -0.1) is 0 Å². The van der Waals surface area contributed by atoms with Gasteiger partial charge in [0.25, 0.3) is 0 Å². The molecule has 3 nitrogen and oxygen atoms in total. The van der Waals surface area contributed by atoms with Gasteiger partial charge < -0.3 is 5.32 Å². The molecule has 17 heavy (non-hydrogen) atoms. The lowest BCUT2D eigenvalue weighted by atomic mass is 10.3. The molecule has 1 aromatic carbocycles. The zero-order valence-electron chi connectivity index (χ0n) is 10.1. The summed E-state index contributed by atoms with van der Waals surface area (Å²) in [5.74, 6) is 0.178. The normalized spacial score (nSPS) is 13.6. The molecule has 1 unspecified atom stereocenters. The second-order valence-corrected chi connectivity index (χ2v) is 7.05. The first-order valence-corrected chi connectivity index (χ1v) is 8.12. The van der Waals surface area contributed by atoms with Crippen LogP contribution in [0.1, 0.15) is 20.3 Å². The van der Waals surface area contributed by atoms with Gasteiger partial charge in [0.1, 0.15) is 0 Å². The minimum atomic E-state index is -3.17. The van der Waals surface area contributed by atoms with Crippen LogP contribution < -0.4 is 5.32 Å². The maximum absolute atomic E-state index is 12.0. The molecule has 5 heteroatoms. The monoisotopic (exact) mass is 319 g/mol. The third kappa shape index (κ3) is 4.77. The second kappa shape index (κ2) is 6.52. The van der Waals surface area contributed by atoms with Crippen LogP contribution in [0.3, 0.4) is 0 Å². The van der Waals surface area contributed by atoms with E-state index in [9.17, 15) is 8.42 Å². The van der Waals surface area contributed by atoms with Gasteiger partial charge in [-0.3, -0.25) is 0 Å². The Hall–Kier alpha value is -0.390. The molecule has 0 aliphatic rings. The van der Waals surface area contributed by atoms with Gasteiger partial charge in [-0.1, -0.05) is 28.9 Å². The fourth-order valence-corrected chi connectivity index (χ4v) is 3.60. The van der Waals surface area contributed by atoms with E-state index in [-0.39, 0.29) is 11.8 Å². The van der Waals surface area contributed by atoms with Crippen LogP contribution in [0, 0.1) is 0 Å². The van der Waals surface area contributed by atoms with Gasteiger partial charge in [0.15, 0.2) is 9.84 Å². The van der Waals surface area contributed by atoms with Crippen molar-refractivity contribution in [2.75, 3.05) is 12.3 Å². The molecule has 0 radical (unpaired) electrons. The second-order valence-electron chi connectivity index (χ2n) is 4.02. The maximum atomic E-state index is 12.0. The van der Waals surface area contributed by atoms with E-state index in [1.54, 1.807) is 18.2 Å². The molecule has 0 fully saturated rings. The molecule has 1 N–H and O–H groups in total. The Balaban J connectivity index is 2.69. The van der Waals surface area contributed by atoms with Crippen LogP contribution in [-0.4, -0.2) is 26.8 Å². The van der Waals surface area contributed by atoms with Crippen molar-refractivity contribution in [2.45, 2.75) is 31.2 Å². The summed E-state index contributed by atoms with van der Waals surface area (Å²) < 4.78 is 24.9. The van der Waals surface area contributed by atoms with Crippen molar-refractivity contribution in [3.8, 4) is 0 Å². The molecule has 0 saturated carbocycles. The fraction of sp³-hybridized carbons (Fsp3) is 0.500. The van der Waals surface area contributed by atoms with Gasteiger partial charge in [0.2, 0.25) is 0 Å². The number of sulfone groups is 1. The standard InChI is InChI=1S/C12H18BrNO2S/c1-3-14-10(2)7-8-17(15,16)12-6-4-5-11(13)9-12/h4-6,9-10,14H,3,7-8H2,1-2H3. The lowest BCUT2D eigenvalue weighted by Crippen LogP contribution is -2.27. The molecule has 96 valence electrons. The third-order valence-electron chi connectivity index (χ3n) is 2.53. The maximum Gasteiger partial charge on any atom is 0.178 e. The van der Waals surface area contributed by atoms with Crippen molar-refractivity contribution in [2.24, 2.45) is 0 Å². The lowest BCUT2D eigenvalue weighted by Gasteiger charge is -2.12. The Morgan fingerprint density at radius 3 is 2.71 bits per heavy atom. The van der Waals surface area contributed by atoms with Crippen LogP contribution in [0.2, 0.25) is 0 Å². The molecule has 1 aromatic rings. The predicted octanol–water partition coefficient (Wildman–Crippen LogP) is 2.61. The Labute approximate surface area is 112 Å². The number of hydrogen-bond donors (Lipinski definition) is 1. The van der Waals surface area contributed by atoms with Crippen LogP contribution in [0.25, 0.3) is 0 Å². The van der Waals surface area contributed by atoms with Crippen molar-refractivity contribution in [1.82, 2.24) is 5.32 Å². The van der Waals surface area contributed by atoms with E-state index in [1.807, 2.05) is 19.9 Å². The van der Waals surface area contributed by atoms with Gasteiger partial charge in [-0.05, 0) is 38.1 Å². The summed E-state index contributed by atoms with van der Waals surface area (Å²) in [6.45, 7) is 4.87. The zero-order valence-corrected chi connectivity index (χ0v) is 12.5. The molecule has 0 aromatic heterocycles. The van der Waals surface area contributed by atoms with Crippen molar-refractivity contribution < 1.29 is 8.42 Å². The first-order valence-electron chi connectivity index (χ1n) is 5.67. The molecular formula is C12H18BrNO2S. The smallest absolute Gasteiger partial charge is 0.178 e. The molecule has 0 heterocycles.